The molecule has 3 aromatic carbocycles. The van der Waals surface area contributed by atoms with Crippen molar-refractivity contribution in [3.63, 3.8) is 0 Å². The van der Waals surface area contributed by atoms with Gasteiger partial charge in [-0.15, -0.1) is 0 Å². The monoisotopic (exact) mass is 398 g/mol. The van der Waals surface area contributed by atoms with Gasteiger partial charge in [-0.1, -0.05) is 78.9 Å². The van der Waals surface area contributed by atoms with E-state index in [2.05, 4.69) is 29.6 Å². The molecule has 1 aliphatic rings. The molecule has 1 aliphatic heterocycles. The summed E-state index contributed by atoms with van der Waals surface area (Å²) in [5.74, 6) is -0.326. The molecule has 4 nitrogen and oxygen atoms in total. The van der Waals surface area contributed by atoms with Crippen molar-refractivity contribution in [1.82, 2.24) is 4.90 Å². The van der Waals surface area contributed by atoms with E-state index < -0.39 is 0 Å². The molecular weight excluding hydrogens is 372 g/mol. The Morgan fingerprint density at radius 2 is 1.50 bits per heavy atom. The van der Waals surface area contributed by atoms with Crippen molar-refractivity contribution in [1.29, 1.82) is 0 Å². The Balaban J connectivity index is 1.37. The summed E-state index contributed by atoms with van der Waals surface area (Å²) in [5.41, 5.74) is 4.29. The van der Waals surface area contributed by atoms with E-state index in [-0.39, 0.29) is 24.2 Å². The van der Waals surface area contributed by atoms with Crippen LogP contribution in [0.3, 0.4) is 0 Å². The average Bonchev–Trinajstić information content (AvgIpc) is 3.16. The maximum absolute atomic E-state index is 12.9. The molecule has 0 aromatic heterocycles. The molecular formula is C26H26N2O2. The number of para-hydroxylation sites is 1. The van der Waals surface area contributed by atoms with Crippen LogP contribution in [0.1, 0.15) is 23.1 Å². The highest BCUT2D eigenvalue weighted by molar-refractivity contribution is 5.97. The summed E-state index contributed by atoms with van der Waals surface area (Å²) in [6.45, 7) is 1.13. The van der Waals surface area contributed by atoms with Crippen molar-refractivity contribution >= 4 is 17.5 Å². The van der Waals surface area contributed by atoms with Crippen molar-refractivity contribution in [2.45, 2.75) is 19.3 Å². The molecule has 1 heterocycles. The van der Waals surface area contributed by atoms with Crippen LogP contribution in [0, 0.1) is 5.92 Å². The van der Waals surface area contributed by atoms with Crippen molar-refractivity contribution in [2.24, 2.45) is 5.92 Å². The molecule has 4 heteroatoms. The normalized spacial score (nSPS) is 15.9. The predicted octanol–water partition coefficient (Wildman–Crippen LogP) is 4.31. The van der Waals surface area contributed by atoms with Gasteiger partial charge in [0.25, 0.3) is 0 Å². The van der Waals surface area contributed by atoms with Crippen molar-refractivity contribution < 1.29 is 9.59 Å². The van der Waals surface area contributed by atoms with Gasteiger partial charge >= 0.3 is 0 Å². The molecule has 0 radical (unpaired) electrons. The van der Waals surface area contributed by atoms with Gasteiger partial charge < -0.3 is 10.2 Å². The fraction of sp³-hybridized carbons (Fsp3) is 0.231. The number of hydrogen-bond donors (Lipinski definition) is 1. The number of hydrogen-bond acceptors (Lipinski definition) is 2. The molecule has 1 N–H and O–H groups in total. The lowest BCUT2D eigenvalue weighted by Crippen LogP contribution is -2.30. The Hall–Kier alpha value is -3.40. The minimum atomic E-state index is -0.307. The van der Waals surface area contributed by atoms with Gasteiger partial charge in [0.05, 0.1) is 5.92 Å². The van der Waals surface area contributed by atoms with Crippen LogP contribution in [0.2, 0.25) is 0 Å². The number of carbonyl (C=O) groups is 2. The zero-order valence-electron chi connectivity index (χ0n) is 17.0. The Morgan fingerprint density at radius 3 is 2.23 bits per heavy atom. The fourth-order valence-electron chi connectivity index (χ4n) is 3.92. The van der Waals surface area contributed by atoms with Crippen molar-refractivity contribution in [3.8, 4) is 0 Å². The third-order valence-electron chi connectivity index (χ3n) is 5.61. The second kappa shape index (κ2) is 9.40. The first-order valence-corrected chi connectivity index (χ1v) is 10.4. The molecule has 0 spiro atoms. The SMILES string of the molecule is O=C(Nc1ccccc1Cc1ccccc1)C1CC(=O)N(CCc2ccccc2)C1. The Morgan fingerprint density at radius 1 is 0.867 bits per heavy atom. The predicted molar refractivity (Wildman–Crippen MR) is 119 cm³/mol. The topological polar surface area (TPSA) is 49.4 Å². The van der Waals surface area contributed by atoms with Crippen LogP contribution in [0.5, 0.6) is 0 Å². The molecule has 0 saturated carbocycles. The molecule has 1 saturated heterocycles. The smallest absolute Gasteiger partial charge is 0.229 e. The van der Waals surface area contributed by atoms with Crippen LogP contribution in [0.15, 0.2) is 84.9 Å². The number of nitrogens with one attached hydrogen (secondary N) is 1. The third kappa shape index (κ3) is 4.95. The zero-order chi connectivity index (χ0) is 20.8. The highest BCUT2D eigenvalue weighted by Crippen LogP contribution is 2.23. The van der Waals surface area contributed by atoms with Crippen molar-refractivity contribution in [2.75, 3.05) is 18.4 Å². The highest BCUT2D eigenvalue weighted by atomic mass is 16.2. The Bertz CT molecular complexity index is 1000. The summed E-state index contributed by atoms with van der Waals surface area (Å²) in [6.07, 6.45) is 1.84. The number of carbonyl (C=O) groups excluding carboxylic acids is 2. The van der Waals surface area contributed by atoms with Gasteiger partial charge in [0, 0.05) is 25.2 Å². The zero-order valence-corrected chi connectivity index (χ0v) is 17.0. The molecule has 1 unspecified atom stereocenters. The fourth-order valence-corrected chi connectivity index (χ4v) is 3.92. The third-order valence-corrected chi connectivity index (χ3v) is 5.61. The van der Waals surface area contributed by atoms with E-state index >= 15 is 0 Å². The molecule has 30 heavy (non-hydrogen) atoms. The number of likely N-dealkylation sites (tertiary alicyclic amines) is 1. The van der Waals surface area contributed by atoms with E-state index in [1.165, 1.54) is 11.1 Å². The maximum Gasteiger partial charge on any atom is 0.229 e. The Labute approximate surface area is 177 Å². The lowest BCUT2D eigenvalue weighted by Gasteiger charge is -2.17. The van der Waals surface area contributed by atoms with Gasteiger partial charge in [0.2, 0.25) is 11.8 Å². The number of amides is 2. The minimum Gasteiger partial charge on any atom is -0.342 e. The Kier molecular flexibility index (Phi) is 6.23. The quantitative estimate of drug-likeness (QED) is 0.645. The van der Waals surface area contributed by atoms with Gasteiger partial charge in [-0.25, -0.2) is 0 Å². The average molecular weight is 399 g/mol. The van der Waals surface area contributed by atoms with Gasteiger partial charge in [0.15, 0.2) is 0 Å². The lowest BCUT2D eigenvalue weighted by atomic mass is 10.0. The van der Waals surface area contributed by atoms with E-state index in [1.54, 1.807) is 0 Å². The van der Waals surface area contributed by atoms with Crippen LogP contribution in [0.25, 0.3) is 0 Å². The number of nitrogens with zero attached hydrogens (tertiary/aromatic N) is 1. The molecule has 152 valence electrons. The standard InChI is InChI=1S/C26H26N2O2/c29-25-18-23(19-28(25)16-15-20-9-3-1-4-10-20)26(30)27-24-14-8-7-13-22(24)17-21-11-5-2-6-12-21/h1-14,23H,15-19H2,(H,27,30). The highest BCUT2D eigenvalue weighted by Gasteiger charge is 2.34. The minimum absolute atomic E-state index is 0.0589. The lowest BCUT2D eigenvalue weighted by molar-refractivity contribution is -0.128. The van der Waals surface area contributed by atoms with Crippen LogP contribution in [-0.4, -0.2) is 29.8 Å². The number of anilines is 1. The molecule has 1 atom stereocenters. The molecule has 2 amide bonds. The number of rotatable bonds is 7. The maximum atomic E-state index is 12.9. The summed E-state index contributed by atoms with van der Waals surface area (Å²) in [6, 6.07) is 28.2. The van der Waals surface area contributed by atoms with E-state index in [0.29, 0.717) is 13.1 Å². The molecule has 0 bridgehead atoms. The second-order valence-corrected chi connectivity index (χ2v) is 7.79. The summed E-state index contributed by atoms with van der Waals surface area (Å²) in [5, 5.41) is 3.07. The molecule has 1 fully saturated rings. The van der Waals surface area contributed by atoms with E-state index in [0.717, 1.165) is 24.1 Å². The molecule has 3 aromatic rings. The van der Waals surface area contributed by atoms with Crippen molar-refractivity contribution in [3.05, 3.63) is 102 Å². The van der Waals surface area contributed by atoms with E-state index in [9.17, 15) is 9.59 Å². The van der Waals surface area contributed by atoms with Crippen LogP contribution >= 0.6 is 0 Å². The first-order chi connectivity index (χ1) is 14.7. The van der Waals surface area contributed by atoms with Crippen LogP contribution in [-0.2, 0) is 22.4 Å². The van der Waals surface area contributed by atoms with Gasteiger partial charge in [-0.2, -0.15) is 0 Å². The molecule has 4 rings (SSSR count). The van der Waals surface area contributed by atoms with Gasteiger partial charge in [-0.3, -0.25) is 9.59 Å². The summed E-state index contributed by atoms with van der Waals surface area (Å²) >= 11 is 0. The first kappa shape index (κ1) is 19.9. The van der Waals surface area contributed by atoms with E-state index in [4.69, 9.17) is 0 Å². The molecule has 0 aliphatic carbocycles. The summed E-state index contributed by atoms with van der Waals surface area (Å²) in [7, 11) is 0. The number of benzene rings is 3. The van der Waals surface area contributed by atoms with Crippen LogP contribution in [0.4, 0.5) is 5.69 Å². The van der Waals surface area contributed by atoms with Crippen LogP contribution < -0.4 is 5.32 Å². The summed E-state index contributed by atoms with van der Waals surface area (Å²) < 4.78 is 0. The van der Waals surface area contributed by atoms with Gasteiger partial charge in [0.1, 0.15) is 0 Å². The largest absolute Gasteiger partial charge is 0.342 e. The van der Waals surface area contributed by atoms with Gasteiger partial charge in [-0.05, 0) is 35.6 Å². The van der Waals surface area contributed by atoms with E-state index in [1.807, 2.05) is 65.6 Å². The second-order valence-electron chi connectivity index (χ2n) is 7.79. The first-order valence-electron chi connectivity index (χ1n) is 10.4. The summed E-state index contributed by atoms with van der Waals surface area (Å²) in [4.78, 5) is 27.1.